The minimum absolute atomic E-state index is 0.0719. The van der Waals surface area contributed by atoms with Crippen LogP contribution in [0.5, 0.6) is 0 Å². The molecule has 0 unspecified atom stereocenters. The van der Waals surface area contributed by atoms with Crippen molar-refractivity contribution >= 4 is 17.0 Å². The summed E-state index contributed by atoms with van der Waals surface area (Å²) in [5.74, 6) is -2.80. The highest BCUT2D eigenvalue weighted by Crippen LogP contribution is 2.23. The second kappa shape index (κ2) is 4.37. The number of rotatable bonds is 2. The minimum atomic E-state index is -1.18. The first-order valence-corrected chi connectivity index (χ1v) is 5.61. The number of nitrogens with zero attached hydrogens (tertiary/aromatic N) is 3. The average Bonchev–Trinajstić information content (AvgIpc) is 2.82. The number of carboxylic acids is 1. The number of aromatic nitrogens is 3. The summed E-state index contributed by atoms with van der Waals surface area (Å²) < 4.78 is 28.5. The Morgan fingerprint density at radius 3 is 2.40 bits per heavy atom. The van der Waals surface area contributed by atoms with Crippen LogP contribution in [0.4, 0.5) is 8.78 Å². The van der Waals surface area contributed by atoms with Gasteiger partial charge >= 0.3 is 5.97 Å². The largest absolute Gasteiger partial charge is 0.478 e. The number of carbonyl (C=O) groups is 1. The Kier molecular flexibility index (Phi) is 2.67. The number of halogens is 2. The molecule has 5 nitrogen and oxygen atoms in total. The minimum Gasteiger partial charge on any atom is -0.478 e. The van der Waals surface area contributed by atoms with Crippen LogP contribution < -0.4 is 0 Å². The molecule has 0 spiro atoms. The van der Waals surface area contributed by atoms with Crippen LogP contribution >= 0.6 is 0 Å². The van der Waals surface area contributed by atoms with Crippen LogP contribution in [0, 0.1) is 11.6 Å². The Morgan fingerprint density at radius 1 is 1.10 bits per heavy atom. The van der Waals surface area contributed by atoms with Crippen LogP contribution in [0.3, 0.4) is 0 Å². The summed E-state index contributed by atoms with van der Waals surface area (Å²) in [7, 11) is 0. The van der Waals surface area contributed by atoms with Crippen LogP contribution in [0.15, 0.2) is 36.4 Å². The van der Waals surface area contributed by atoms with E-state index in [-0.39, 0.29) is 16.6 Å². The fourth-order valence-electron chi connectivity index (χ4n) is 1.97. The molecule has 0 bridgehead atoms. The van der Waals surface area contributed by atoms with Gasteiger partial charge in [0.25, 0.3) is 0 Å². The molecule has 0 fully saturated rings. The summed E-state index contributed by atoms with van der Waals surface area (Å²) in [6.07, 6.45) is 0. The highest BCUT2D eigenvalue weighted by Gasteiger charge is 2.18. The van der Waals surface area contributed by atoms with Gasteiger partial charge in [0.1, 0.15) is 11.2 Å². The molecular weight excluding hydrogens is 268 g/mol. The number of aromatic carboxylic acids is 1. The van der Waals surface area contributed by atoms with E-state index in [9.17, 15) is 13.6 Å². The maximum atomic E-state index is 13.8. The molecule has 0 aliphatic heterocycles. The van der Waals surface area contributed by atoms with Crippen molar-refractivity contribution in [3.63, 3.8) is 0 Å². The van der Waals surface area contributed by atoms with Crippen molar-refractivity contribution in [3.8, 4) is 5.69 Å². The Morgan fingerprint density at radius 2 is 1.75 bits per heavy atom. The molecule has 1 aromatic heterocycles. The molecule has 1 heterocycles. The lowest BCUT2D eigenvalue weighted by atomic mass is 10.2. The molecule has 1 N–H and O–H groups in total. The van der Waals surface area contributed by atoms with Gasteiger partial charge in [0, 0.05) is 0 Å². The van der Waals surface area contributed by atoms with E-state index in [4.69, 9.17) is 5.11 Å². The second-order valence-electron chi connectivity index (χ2n) is 4.05. The van der Waals surface area contributed by atoms with Crippen LogP contribution in [0.25, 0.3) is 16.7 Å². The van der Waals surface area contributed by atoms with Gasteiger partial charge in [0.15, 0.2) is 11.6 Å². The van der Waals surface area contributed by atoms with E-state index in [0.717, 1.165) is 16.8 Å². The lowest BCUT2D eigenvalue weighted by molar-refractivity contribution is 0.0699. The number of hydrogen-bond acceptors (Lipinski definition) is 3. The Balaban J connectivity index is 2.34. The van der Waals surface area contributed by atoms with Gasteiger partial charge in [0.05, 0.1) is 11.1 Å². The molecule has 0 aliphatic carbocycles. The molecule has 3 rings (SSSR count). The van der Waals surface area contributed by atoms with Crippen LogP contribution in [0.2, 0.25) is 0 Å². The standard InChI is InChI=1S/C13H7F2N3O2/c14-8-4-2-5-9(15)12(8)18-10-6-1-3-7(13(19)20)11(10)16-17-18/h1-6H,(H,19,20). The lowest BCUT2D eigenvalue weighted by Crippen LogP contribution is -2.03. The first-order chi connectivity index (χ1) is 9.59. The van der Waals surface area contributed by atoms with Crippen LogP contribution in [0.1, 0.15) is 10.4 Å². The summed E-state index contributed by atoms with van der Waals surface area (Å²) in [4.78, 5) is 11.1. The SMILES string of the molecule is O=C(O)c1cccc2c1nnn2-c1c(F)cccc1F. The lowest BCUT2D eigenvalue weighted by Gasteiger charge is -2.05. The molecule has 20 heavy (non-hydrogen) atoms. The van der Waals surface area contributed by atoms with Crippen molar-refractivity contribution in [1.82, 2.24) is 15.0 Å². The van der Waals surface area contributed by atoms with E-state index in [1.807, 2.05) is 0 Å². The molecule has 0 saturated heterocycles. The van der Waals surface area contributed by atoms with E-state index in [1.54, 1.807) is 0 Å². The summed E-state index contributed by atoms with van der Waals surface area (Å²) in [6.45, 7) is 0. The third-order valence-electron chi connectivity index (χ3n) is 2.86. The predicted octanol–water partition coefficient (Wildman–Crippen LogP) is 2.40. The summed E-state index contributed by atoms with van der Waals surface area (Å²) in [6, 6.07) is 7.72. The smallest absolute Gasteiger partial charge is 0.338 e. The number of para-hydroxylation sites is 1. The van der Waals surface area contributed by atoms with Crippen molar-refractivity contribution in [3.05, 3.63) is 53.6 Å². The van der Waals surface area contributed by atoms with E-state index in [1.165, 1.54) is 24.3 Å². The third-order valence-corrected chi connectivity index (χ3v) is 2.86. The zero-order valence-electron chi connectivity index (χ0n) is 9.92. The van der Waals surface area contributed by atoms with Gasteiger partial charge in [-0.25, -0.2) is 18.3 Å². The third kappa shape index (κ3) is 1.71. The monoisotopic (exact) mass is 275 g/mol. The molecule has 0 amide bonds. The first-order valence-electron chi connectivity index (χ1n) is 5.61. The number of hydrogen-bond donors (Lipinski definition) is 1. The van der Waals surface area contributed by atoms with E-state index in [2.05, 4.69) is 10.3 Å². The molecule has 0 atom stereocenters. The van der Waals surface area contributed by atoms with Gasteiger partial charge in [0.2, 0.25) is 0 Å². The van der Waals surface area contributed by atoms with Crippen molar-refractivity contribution in [1.29, 1.82) is 0 Å². The molecule has 0 radical (unpaired) electrons. The van der Waals surface area contributed by atoms with Gasteiger partial charge in [-0.05, 0) is 24.3 Å². The van der Waals surface area contributed by atoms with E-state index in [0.29, 0.717) is 0 Å². The summed E-state index contributed by atoms with van der Waals surface area (Å²) in [5, 5.41) is 16.4. The first kappa shape index (κ1) is 12.2. The zero-order chi connectivity index (χ0) is 14.3. The predicted molar refractivity (Wildman–Crippen MR) is 65.7 cm³/mol. The van der Waals surface area contributed by atoms with E-state index >= 15 is 0 Å². The second-order valence-corrected chi connectivity index (χ2v) is 4.05. The quantitative estimate of drug-likeness (QED) is 0.779. The number of carboxylic acid groups (broad SMARTS) is 1. The van der Waals surface area contributed by atoms with Crippen molar-refractivity contribution in [2.45, 2.75) is 0 Å². The fraction of sp³-hybridized carbons (Fsp3) is 0. The van der Waals surface area contributed by atoms with Crippen molar-refractivity contribution in [2.75, 3.05) is 0 Å². The zero-order valence-corrected chi connectivity index (χ0v) is 9.92. The molecular formula is C13H7F2N3O2. The topological polar surface area (TPSA) is 68.0 Å². The van der Waals surface area contributed by atoms with Crippen molar-refractivity contribution < 1.29 is 18.7 Å². The average molecular weight is 275 g/mol. The van der Waals surface area contributed by atoms with Crippen LogP contribution in [-0.4, -0.2) is 26.1 Å². The number of benzene rings is 2. The van der Waals surface area contributed by atoms with Crippen molar-refractivity contribution in [2.24, 2.45) is 0 Å². The van der Waals surface area contributed by atoms with Gasteiger partial charge in [-0.1, -0.05) is 17.3 Å². The van der Waals surface area contributed by atoms with Gasteiger partial charge in [-0.3, -0.25) is 0 Å². The highest BCUT2D eigenvalue weighted by molar-refractivity contribution is 6.00. The highest BCUT2D eigenvalue weighted by atomic mass is 19.1. The van der Waals surface area contributed by atoms with Gasteiger partial charge < -0.3 is 5.11 Å². The molecule has 7 heteroatoms. The molecule has 0 saturated carbocycles. The normalized spacial score (nSPS) is 10.9. The Labute approximate surface area is 111 Å². The molecule has 3 aromatic rings. The maximum Gasteiger partial charge on any atom is 0.338 e. The van der Waals surface area contributed by atoms with Gasteiger partial charge in [-0.2, -0.15) is 0 Å². The molecule has 100 valence electrons. The summed E-state index contributed by atoms with van der Waals surface area (Å²) >= 11 is 0. The van der Waals surface area contributed by atoms with Crippen LogP contribution in [-0.2, 0) is 0 Å². The Bertz CT molecular complexity index is 809. The summed E-state index contributed by atoms with van der Waals surface area (Å²) in [5.41, 5.74) is -0.181. The Hall–Kier alpha value is -2.83. The molecule has 0 aliphatic rings. The fourth-order valence-corrected chi connectivity index (χ4v) is 1.97. The number of fused-ring (bicyclic) bond motifs is 1. The van der Waals surface area contributed by atoms with Gasteiger partial charge in [-0.15, -0.1) is 5.10 Å². The molecule has 2 aromatic carbocycles. The maximum absolute atomic E-state index is 13.8. The van der Waals surface area contributed by atoms with E-state index < -0.39 is 23.3 Å².